The van der Waals surface area contributed by atoms with Crippen molar-refractivity contribution in [3.63, 3.8) is 0 Å². The van der Waals surface area contributed by atoms with Crippen LogP contribution in [0.25, 0.3) is 16.9 Å². The second-order valence-corrected chi connectivity index (χ2v) is 17.2. The highest BCUT2D eigenvalue weighted by Gasteiger charge is 2.71. The van der Waals surface area contributed by atoms with E-state index in [0.717, 1.165) is 33.6 Å². The second-order valence-electron chi connectivity index (χ2n) is 13.7. The molecule has 5 aromatic rings. The molecule has 0 saturated carbocycles. The zero-order valence-electron chi connectivity index (χ0n) is 28.6. The average Bonchev–Trinajstić information content (AvgIpc) is 3.54. The summed E-state index contributed by atoms with van der Waals surface area (Å²) in [5.41, 5.74) is -0.724. The van der Waals surface area contributed by atoms with Gasteiger partial charge in [0.15, 0.2) is 5.69 Å². The summed E-state index contributed by atoms with van der Waals surface area (Å²) in [5.74, 6) is -0.561. The van der Waals surface area contributed by atoms with E-state index in [4.69, 9.17) is 14.6 Å². The number of morpholine rings is 1. The molecule has 3 aliphatic rings. The number of sulfonamides is 1. The van der Waals surface area contributed by atoms with Gasteiger partial charge in [-0.2, -0.15) is 18.3 Å². The van der Waals surface area contributed by atoms with Crippen molar-refractivity contribution in [2.24, 2.45) is 5.14 Å². The van der Waals surface area contributed by atoms with Crippen LogP contribution in [0.2, 0.25) is 0 Å². The number of nitrogens with two attached hydrogens (primary N) is 1. The summed E-state index contributed by atoms with van der Waals surface area (Å²) in [7, 11) is 0.597. The number of carbonyl (C=O) groups excluding carboxylic acids is 1. The molecule has 3 fully saturated rings. The molecule has 0 spiro atoms. The van der Waals surface area contributed by atoms with Gasteiger partial charge in [-0.25, -0.2) is 23.0 Å². The molecule has 3 unspecified atom stereocenters. The zero-order valence-corrected chi connectivity index (χ0v) is 32.6. The van der Waals surface area contributed by atoms with Gasteiger partial charge in [-0.15, -0.1) is 22.7 Å². The summed E-state index contributed by atoms with van der Waals surface area (Å²) in [5, 5.41) is 23.8. The number of likely N-dealkylation sites (N-methyl/N-ethyl adjacent to an activating group) is 1. The first kappa shape index (κ1) is 39.3. The number of aliphatic hydroxyl groups is 1. The number of aryl methyl sites for hydroxylation is 1. The Morgan fingerprint density at radius 3 is 1.98 bits per heavy atom. The van der Waals surface area contributed by atoms with Crippen molar-refractivity contribution in [2.45, 2.75) is 66.8 Å². The quantitative estimate of drug-likeness (QED) is 0.146. The monoisotopic (exact) mass is 852 g/mol. The number of primary sulfonamides is 1. The van der Waals surface area contributed by atoms with Crippen molar-refractivity contribution in [1.82, 2.24) is 9.78 Å². The molecule has 2 bridgehead atoms. The van der Waals surface area contributed by atoms with Gasteiger partial charge in [0.1, 0.15) is 30.4 Å². The highest BCUT2D eigenvalue weighted by Crippen LogP contribution is 2.52. The Morgan fingerprint density at radius 1 is 0.962 bits per heavy atom. The van der Waals surface area contributed by atoms with Gasteiger partial charge in [-0.3, -0.25) is 0 Å². The maximum Gasteiger partial charge on any atom is 0.435 e. The van der Waals surface area contributed by atoms with Crippen LogP contribution in [0.1, 0.15) is 33.9 Å². The summed E-state index contributed by atoms with van der Waals surface area (Å²) in [6.07, 6.45) is -2.56. The third kappa shape index (κ3) is 7.50. The largest absolute Gasteiger partial charge is 1.00 e. The minimum atomic E-state index is -4.61. The number of halogens is 4. The molecule has 0 aliphatic carbocycles. The fourth-order valence-electron chi connectivity index (χ4n) is 7.25. The molecule has 6 heterocycles. The number of alkyl halides is 3. The van der Waals surface area contributed by atoms with Gasteiger partial charge in [0.2, 0.25) is 15.6 Å². The fourth-order valence-corrected chi connectivity index (χ4v) is 9.48. The molecule has 282 valence electrons. The van der Waals surface area contributed by atoms with Crippen molar-refractivity contribution < 1.29 is 62.4 Å². The maximum absolute atomic E-state index is 13.1. The molecule has 10 nitrogen and oxygen atoms in total. The summed E-state index contributed by atoms with van der Waals surface area (Å²) in [6, 6.07) is 21.1. The average molecular weight is 854 g/mol. The van der Waals surface area contributed by atoms with Crippen LogP contribution < -0.4 is 22.1 Å². The number of hydrogen-bond acceptors (Lipinski definition) is 9. The van der Waals surface area contributed by atoms with Gasteiger partial charge in [-0.05, 0) is 60.1 Å². The standard InChI is InChI=1S/C19H22NO4S2.C17H14F3N3O2S.BrH/c1-20(2)12-9-11(10-13(20)17-16(12)24-17)23-18(21)19(22,14-5-3-7-25-14)15-6-4-8-26-15;1-11-2-4-12(5-3-11)15-10-16(17(18,19)20)22-23(15)13-6-8-14(9-7-13)26(21,24)25;/h3-8,11-13,16-17,22H,9-10H2,1-2H3;2-10H,1H3,(H2,21,24,25);1H/q+1;;/p-1/t11?,12?,13?,16-,17+;;. The molecule has 17 heteroatoms. The molecule has 3 N–H and O–H groups in total. The Balaban J connectivity index is 0.000000178. The third-order valence-electron chi connectivity index (χ3n) is 10.1. The second kappa shape index (κ2) is 14.3. The van der Waals surface area contributed by atoms with E-state index in [9.17, 15) is 31.5 Å². The summed E-state index contributed by atoms with van der Waals surface area (Å²) in [4.78, 5) is 14.2. The third-order valence-corrected chi connectivity index (χ3v) is 13.0. The lowest BCUT2D eigenvalue weighted by molar-refractivity contribution is -0.938. The number of esters is 1. The van der Waals surface area contributed by atoms with Crippen molar-refractivity contribution in [2.75, 3.05) is 14.1 Å². The molecule has 2 aromatic carbocycles. The van der Waals surface area contributed by atoms with E-state index in [1.165, 1.54) is 46.9 Å². The molecule has 3 aromatic heterocycles. The highest BCUT2D eigenvalue weighted by atomic mass is 79.9. The van der Waals surface area contributed by atoms with Crippen LogP contribution in [0.5, 0.6) is 0 Å². The molecule has 3 aliphatic heterocycles. The number of carbonyl (C=O) groups is 1. The number of thiophene rings is 2. The van der Waals surface area contributed by atoms with E-state index in [-0.39, 0.29) is 39.4 Å². The van der Waals surface area contributed by atoms with Crippen LogP contribution in [-0.2, 0) is 36.1 Å². The predicted octanol–water partition coefficient (Wildman–Crippen LogP) is 2.86. The van der Waals surface area contributed by atoms with Gasteiger partial charge < -0.3 is 36.0 Å². The first-order chi connectivity index (χ1) is 24.5. The lowest BCUT2D eigenvalue weighted by Gasteiger charge is -2.45. The van der Waals surface area contributed by atoms with Crippen molar-refractivity contribution in [3.05, 3.63) is 111 Å². The van der Waals surface area contributed by atoms with Crippen LogP contribution in [-0.4, -0.2) is 78.2 Å². The van der Waals surface area contributed by atoms with E-state index in [1.54, 1.807) is 36.4 Å². The summed E-state index contributed by atoms with van der Waals surface area (Å²) in [6.45, 7) is 1.87. The number of hydrogen-bond donors (Lipinski definition) is 2. The number of benzene rings is 2. The summed E-state index contributed by atoms with van der Waals surface area (Å²) >= 11 is 2.74. The first-order valence-electron chi connectivity index (χ1n) is 16.4. The molecule has 0 radical (unpaired) electrons. The molecule has 5 atom stereocenters. The van der Waals surface area contributed by atoms with Crippen molar-refractivity contribution in [3.8, 4) is 16.9 Å². The number of epoxide rings is 1. The minimum Gasteiger partial charge on any atom is -1.00 e. The van der Waals surface area contributed by atoms with Gasteiger partial charge >= 0.3 is 12.1 Å². The number of aromatic nitrogens is 2. The Kier molecular flexibility index (Phi) is 10.6. The normalized spacial score (nSPS) is 22.9. The molecule has 8 rings (SSSR count). The topological polar surface area (TPSA) is 137 Å². The molecule has 0 amide bonds. The number of piperidine rings is 1. The van der Waals surface area contributed by atoms with Crippen molar-refractivity contribution >= 4 is 38.7 Å². The van der Waals surface area contributed by atoms with E-state index in [2.05, 4.69) is 19.2 Å². The number of quaternary nitrogens is 1. The van der Waals surface area contributed by atoms with Crippen LogP contribution in [0, 0.1) is 6.92 Å². The number of ether oxygens (including phenoxy) is 2. The number of fused-ring (bicyclic) bond motifs is 5. The van der Waals surface area contributed by atoms with Crippen molar-refractivity contribution in [1.29, 1.82) is 0 Å². The van der Waals surface area contributed by atoms with Gasteiger partial charge in [0.25, 0.3) is 0 Å². The molecular formula is C36H36BrF3N4O6S3. The van der Waals surface area contributed by atoms with E-state index >= 15 is 0 Å². The SMILES string of the molecule is C[N+]1(C)C2CC(OC(=O)C(O)(c3cccs3)c3cccs3)CC1[C@@H]1O[C@H]21.Cc1ccc(-c2cc(C(F)(F)F)nn2-c2ccc(S(N)(=O)=O)cc2)cc1.[Br-]. The number of nitrogens with zero attached hydrogens (tertiary/aromatic N) is 3. The van der Waals surface area contributed by atoms with E-state index in [0.29, 0.717) is 39.6 Å². The van der Waals surface area contributed by atoms with Crippen LogP contribution in [0.4, 0.5) is 13.2 Å². The van der Waals surface area contributed by atoms with Crippen LogP contribution in [0.3, 0.4) is 0 Å². The highest BCUT2D eigenvalue weighted by molar-refractivity contribution is 7.89. The Morgan fingerprint density at radius 2 is 1.51 bits per heavy atom. The first-order valence-corrected chi connectivity index (χ1v) is 19.7. The van der Waals surface area contributed by atoms with Gasteiger partial charge in [0, 0.05) is 18.4 Å². The lowest BCUT2D eigenvalue weighted by atomic mass is 9.95. The number of rotatable bonds is 7. The van der Waals surface area contributed by atoms with E-state index in [1.807, 2.05) is 29.8 Å². The maximum atomic E-state index is 13.1. The fraction of sp³-hybridized carbons (Fsp3) is 0.333. The molecule has 3 saturated heterocycles. The predicted molar refractivity (Wildman–Crippen MR) is 189 cm³/mol. The Hall–Kier alpha value is -3.42. The minimum absolute atomic E-state index is 0. The van der Waals surface area contributed by atoms with Crippen LogP contribution in [0.15, 0.2) is 94.5 Å². The Labute approximate surface area is 323 Å². The lowest BCUT2D eigenvalue weighted by Crippen LogP contribution is -3.00. The molecule has 53 heavy (non-hydrogen) atoms. The molecular weight excluding hydrogens is 818 g/mol. The van der Waals surface area contributed by atoms with E-state index < -0.39 is 33.5 Å². The smallest absolute Gasteiger partial charge is 0.435 e. The summed E-state index contributed by atoms with van der Waals surface area (Å²) < 4.78 is 75.8. The van der Waals surface area contributed by atoms with Crippen LogP contribution >= 0.6 is 22.7 Å². The zero-order chi connectivity index (χ0) is 37.2. The van der Waals surface area contributed by atoms with Gasteiger partial charge in [0.05, 0.1) is 40.1 Å². The van der Waals surface area contributed by atoms with Gasteiger partial charge in [-0.1, -0.05) is 42.0 Å². The Bertz CT molecular complexity index is 2120.